The first-order chi connectivity index (χ1) is 6.65. The molecule has 0 spiro atoms. The van der Waals surface area contributed by atoms with Crippen LogP contribution >= 0.6 is 0 Å². The number of piperidine rings is 1. The van der Waals surface area contributed by atoms with Gasteiger partial charge in [-0.1, -0.05) is 6.92 Å². The number of hydrogen-bond acceptors (Lipinski definition) is 2. The Balaban J connectivity index is 1.78. The number of hydrogen-bond donors (Lipinski definition) is 1. The Morgan fingerprint density at radius 1 is 1.21 bits per heavy atom. The van der Waals surface area contributed by atoms with E-state index >= 15 is 0 Å². The van der Waals surface area contributed by atoms with Crippen LogP contribution in [0.1, 0.15) is 39.5 Å². The summed E-state index contributed by atoms with van der Waals surface area (Å²) >= 11 is 0. The summed E-state index contributed by atoms with van der Waals surface area (Å²) in [7, 11) is 2.28. The molecule has 3 atom stereocenters. The van der Waals surface area contributed by atoms with Gasteiger partial charge in [-0.3, -0.25) is 0 Å². The topological polar surface area (TPSA) is 15.3 Å². The quantitative estimate of drug-likeness (QED) is 0.741. The summed E-state index contributed by atoms with van der Waals surface area (Å²) < 4.78 is 0. The fourth-order valence-electron chi connectivity index (χ4n) is 2.86. The summed E-state index contributed by atoms with van der Waals surface area (Å²) in [5.41, 5.74) is 0. The van der Waals surface area contributed by atoms with Gasteiger partial charge in [-0.2, -0.15) is 0 Å². The van der Waals surface area contributed by atoms with E-state index in [1.54, 1.807) is 0 Å². The number of nitrogens with zero attached hydrogens (tertiary/aromatic N) is 1. The van der Waals surface area contributed by atoms with Gasteiger partial charge in [0, 0.05) is 24.7 Å². The monoisotopic (exact) mass is 196 g/mol. The lowest BCUT2D eigenvalue weighted by molar-refractivity contribution is 0.203. The average molecular weight is 196 g/mol. The first-order valence-corrected chi connectivity index (χ1v) is 6.11. The third kappa shape index (κ3) is 2.71. The highest BCUT2D eigenvalue weighted by atomic mass is 15.2. The minimum absolute atomic E-state index is 0.719. The normalized spacial score (nSPS) is 39.0. The standard InChI is InChI=1S/C12H24N2/c1-9-6-10(2)13-11(7-9)8-14(3)12-4-5-12/h9-13H,4-8H2,1-3H3. The molecule has 0 aromatic rings. The van der Waals surface area contributed by atoms with Crippen LogP contribution < -0.4 is 5.32 Å². The molecule has 1 saturated heterocycles. The second-order valence-electron chi connectivity index (χ2n) is 5.51. The third-order valence-corrected chi connectivity index (χ3v) is 3.64. The molecule has 1 aliphatic carbocycles. The van der Waals surface area contributed by atoms with Crippen LogP contribution in [-0.2, 0) is 0 Å². The van der Waals surface area contributed by atoms with Crippen molar-refractivity contribution in [3.8, 4) is 0 Å². The van der Waals surface area contributed by atoms with Gasteiger partial charge in [0.2, 0.25) is 0 Å². The SMILES string of the molecule is CC1CC(C)NC(CN(C)C2CC2)C1. The minimum atomic E-state index is 0.719. The van der Waals surface area contributed by atoms with Crippen molar-refractivity contribution in [3.05, 3.63) is 0 Å². The molecule has 1 saturated carbocycles. The maximum Gasteiger partial charge on any atom is 0.0200 e. The van der Waals surface area contributed by atoms with Crippen LogP contribution in [0.25, 0.3) is 0 Å². The zero-order valence-corrected chi connectivity index (χ0v) is 9.79. The van der Waals surface area contributed by atoms with Crippen LogP contribution in [-0.4, -0.2) is 36.6 Å². The van der Waals surface area contributed by atoms with E-state index in [0.717, 1.165) is 24.0 Å². The van der Waals surface area contributed by atoms with Crippen molar-refractivity contribution in [1.29, 1.82) is 0 Å². The van der Waals surface area contributed by atoms with E-state index in [1.165, 1.54) is 32.2 Å². The Hall–Kier alpha value is -0.0800. The number of rotatable bonds is 3. The van der Waals surface area contributed by atoms with Gasteiger partial charge in [0.15, 0.2) is 0 Å². The van der Waals surface area contributed by atoms with E-state index in [1.807, 2.05) is 0 Å². The van der Waals surface area contributed by atoms with E-state index in [0.29, 0.717) is 0 Å². The zero-order chi connectivity index (χ0) is 10.1. The molecular weight excluding hydrogens is 172 g/mol. The van der Waals surface area contributed by atoms with E-state index in [4.69, 9.17) is 0 Å². The summed E-state index contributed by atoms with van der Waals surface area (Å²) in [5.74, 6) is 0.906. The molecule has 2 rings (SSSR count). The van der Waals surface area contributed by atoms with Crippen molar-refractivity contribution >= 4 is 0 Å². The maximum absolute atomic E-state index is 3.72. The van der Waals surface area contributed by atoms with Crippen molar-refractivity contribution in [3.63, 3.8) is 0 Å². The maximum atomic E-state index is 3.72. The largest absolute Gasteiger partial charge is 0.310 e. The Morgan fingerprint density at radius 2 is 1.93 bits per heavy atom. The Labute approximate surface area is 88.1 Å². The van der Waals surface area contributed by atoms with Crippen molar-refractivity contribution in [1.82, 2.24) is 10.2 Å². The Kier molecular flexibility index (Phi) is 3.13. The average Bonchev–Trinajstić information content (AvgIpc) is 2.82. The summed E-state index contributed by atoms with van der Waals surface area (Å²) in [6.07, 6.45) is 5.56. The van der Waals surface area contributed by atoms with Crippen LogP contribution in [0, 0.1) is 5.92 Å². The lowest BCUT2D eigenvalue weighted by Crippen LogP contribution is -2.49. The van der Waals surface area contributed by atoms with E-state index in [2.05, 4.69) is 31.1 Å². The molecule has 3 unspecified atom stereocenters. The van der Waals surface area contributed by atoms with E-state index in [-0.39, 0.29) is 0 Å². The van der Waals surface area contributed by atoms with Gasteiger partial charge in [-0.05, 0) is 45.6 Å². The zero-order valence-electron chi connectivity index (χ0n) is 9.79. The number of nitrogens with one attached hydrogen (secondary N) is 1. The van der Waals surface area contributed by atoms with Gasteiger partial charge >= 0.3 is 0 Å². The highest BCUT2D eigenvalue weighted by Gasteiger charge is 2.30. The van der Waals surface area contributed by atoms with Crippen LogP contribution in [0.5, 0.6) is 0 Å². The molecule has 1 N–H and O–H groups in total. The fraction of sp³-hybridized carbons (Fsp3) is 1.00. The van der Waals surface area contributed by atoms with Gasteiger partial charge in [-0.25, -0.2) is 0 Å². The highest BCUT2D eigenvalue weighted by molar-refractivity contribution is 4.88. The molecule has 2 aliphatic rings. The lowest BCUT2D eigenvalue weighted by atomic mass is 9.90. The van der Waals surface area contributed by atoms with Crippen LogP contribution in [0.2, 0.25) is 0 Å². The molecule has 2 heteroatoms. The second kappa shape index (κ2) is 4.19. The van der Waals surface area contributed by atoms with Gasteiger partial charge in [-0.15, -0.1) is 0 Å². The van der Waals surface area contributed by atoms with Crippen LogP contribution in [0.15, 0.2) is 0 Å². The van der Waals surface area contributed by atoms with Gasteiger partial charge < -0.3 is 10.2 Å². The predicted molar refractivity (Wildman–Crippen MR) is 60.4 cm³/mol. The molecular formula is C12H24N2. The van der Waals surface area contributed by atoms with Gasteiger partial charge in [0.05, 0.1) is 0 Å². The molecule has 82 valence electrons. The molecule has 0 radical (unpaired) electrons. The van der Waals surface area contributed by atoms with Crippen LogP contribution in [0.4, 0.5) is 0 Å². The molecule has 2 nitrogen and oxygen atoms in total. The van der Waals surface area contributed by atoms with Gasteiger partial charge in [0.25, 0.3) is 0 Å². The second-order valence-corrected chi connectivity index (χ2v) is 5.51. The van der Waals surface area contributed by atoms with E-state index < -0.39 is 0 Å². The lowest BCUT2D eigenvalue weighted by Gasteiger charge is -2.35. The predicted octanol–water partition coefficient (Wildman–Crippen LogP) is 1.86. The van der Waals surface area contributed by atoms with Crippen molar-refractivity contribution in [2.24, 2.45) is 5.92 Å². The minimum Gasteiger partial charge on any atom is -0.310 e. The molecule has 14 heavy (non-hydrogen) atoms. The molecule has 0 aromatic heterocycles. The molecule has 2 fully saturated rings. The Bertz CT molecular complexity index is 179. The van der Waals surface area contributed by atoms with Gasteiger partial charge in [0.1, 0.15) is 0 Å². The molecule has 1 heterocycles. The highest BCUT2D eigenvalue weighted by Crippen LogP contribution is 2.27. The van der Waals surface area contributed by atoms with E-state index in [9.17, 15) is 0 Å². The summed E-state index contributed by atoms with van der Waals surface area (Å²) in [6, 6.07) is 2.36. The van der Waals surface area contributed by atoms with Crippen molar-refractivity contribution in [2.75, 3.05) is 13.6 Å². The number of likely N-dealkylation sites (N-methyl/N-ethyl adjacent to an activating group) is 1. The first kappa shape index (κ1) is 10.4. The van der Waals surface area contributed by atoms with Crippen molar-refractivity contribution < 1.29 is 0 Å². The summed E-state index contributed by atoms with van der Waals surface area (Å²) in [5, 5.41) is 3.72. The van der Waals surface area contributed by atoms with Crippen LogP contribution in [0.3, 0.4) is 0 Å². The molecule has 0 amide bonds. The smallest absolute Gasteiger partial charge is 0.0200 e. The van der Waals surface area contributed by atoms with Crippen molar-refractivity contribution in [2.45, 2.75) is 57.7 Å². The summed E-state index contributed by atoms with van der Waals surface area (Å²) in [4.78, 5) is 2.54. The third-order valence-electron chi connectivity index (χ3n) is 3.64. The fourth-order valence-corrected chi connectivity index (χ4v) is 2.86. The summed E-state index contributed by atoms with van der Waals surface area (Å²) in [6.45, 7) is 5.96. The first-order valence-electron chi connectivity index (χ1n) is 6.11. The molecule has 0 aromatic carbocycles. The Morgan fingerprint density at radius 3 is 2.50 bits per heavy atom. The molecule has 1 aliphatic heterocycles. The molecule has 0 bridgehead atoms.